The third kappa shape index (κ3) is 4.24. The van der Waals surface area contributed by atoms with Crippen molar-refractivity contribution in [3.63, 3.8) is 0 Å². The summed E-state index contributed by atoms with van der Waals surface area (Å²) in [6, 6.07) is 4.98. The molecule has 4 heterocycles. The number of hydrogen-bond donors (Lipinski definition) is 2. The Kier molecular flexibility index (Phi) is 5.43. The maximum Gasteiger partial charge on any atom is 0.419 e. The van der Waals surface area contributed by atoms with Gasteiger partial charge in [0.15, 0.2) is 0 Å². The van der Waals surface area contributed by atoms with Gasteiger partial charge >= 0.3 is 6.18 Å². The molecule has 2 aliphatic heterocycles. The van der Waals surface area contributed by atoms with Crippen LogP contribution in [0.4, 0.5) is 29.2 Å². The van der Waals surface area contributed by atoms with Crippen LogP contribution < -0.4 is 16.0 Å². The second kappa shape index (κ2) is 8.29. The number of anilines is 2. The lowest BCUT2D eigenvalue weighted by molar-refractivity contribution is -0.139. The molecule has 0 amide bonds. The molecule has 0 unspecified atom stereocenters. The highest BCUT2D eigenvalue weighted by molar-refractivity contribution is 5.60. The molecule has 11 heteroatoms. The first-order valence-corrected chi connectivity index (χ1v) is 10.8. The normalized spacial score (nSPS) is 17.9. The lowest BCUT2D eigenvalue weighted by Crippen LogP contribution is -2.44. The summed E-state index contributed by atoms with van der Waals surface area (Å²) in [6.45, 7) is 3.06. The number of rotatable bonds is 4. The van der Waals surface area contributed by atoms with Gasteiger partial charge in [0, 0.05) is 49.9 Å². The maximum absolute atomic E-state index is 13.8. The highest BCUT2D eigenvalue weighted by Crippen LogP contribution is 2.37. The van der Waals surface area contributed by atoms with Crippen LogP contribution in [0.5, 0.6) is 0 Å². The standard InChI is InChI=1S/C22H23F4N7/c23-17-2-1-14(7-16(17)22(24,25)26)18-11-33(15-9-28-10-15)21(31-18)13-3-5-32(6-4-13)20-8-19(27)29-12-30-20/h1-2,7-8,11-13,15,28H,3-6,9-10H2,(H2,27,29,30). The van der Waals surface area contributed by atoms with Crippen molar-refractivity contribution in [3.05, 3.63) is 54.0 Å². The largest absolute Gasteiger partial charge is 0.419 e. The summed E-state index contributed by atoms with van der Waals surface area (Å²) in [7, 11) is 0. The van der Waals surface area contributed by atoms with E-state index in [1.807, 2.05) is 0 Å². The molecule has 3 aromatic rings. The second-order valence-electron chi connectivity index (χ2n) is 8.46. The van der Waals surface area contributed by atoms with Crippen LogP contribution in [0.2, 0.25) is 0 Å². The van der Waals surface area contributed by atoms with E-state index in [0.717, 1.165) is 62.8 Å². The number of hydrogen-bond acceptors (Lipinski definition) is 6. The molecule has 174 valence electrons. The van der Waals surface area contributed by atoms with Crippen LogP contribution >= 0.6 is 0 Å². The van der Waals surface area contributed by atoms with E-state index >= 15 is 0 Å². The summed E-state index contributed by atoms with van der Waals surface area (Å²) >= 11 is 0. The van der Waals surface area contributed by atoms with Gasteiger partial charge < -0.3 is 20.5 Å². The van der Waals surface area contributed by atoms with Crippen LogP contribution in [0, 0.1) is 5.82 Å². The number of nitrogen functional groups attached to an aromatic ring is 1. The van der Waals surface area contributed by atoms with E-state index in [1.54, 1.807) is 12.3 Å². The third-order valence-electron chi connectivity index (χ3n) is 6.34. The molecule has 3 N–H and O–H groups in total. The summed E-state index contributed by atoms with van der Waals surface area (Å²) in [6.07, 6.45) is 0.110. The highest BCUT2D eigenvalue weighted by Gasteiger charge is 2.35. The van der Waals surface area contributed by atoms with E-state index in [4.69, 9.17) is 10.7 Å². The van der Waals surface area contributed by atoms with Crippen LogP contribution in [0.15, 0.2) is 36.8 Å². The fraction of sp³-hybridized carbons (Fsp3) is 0.409. The van der Waals surface area contributed by atoms with Crippen molar-refractivity contribution >= 4 is 11.6 Å². The number of nitrogens with two attached hydrogens (primary N) is 1. The summed E-state index contributed by atoms with van der Waals surface area (Å²) in [5.41, 5.74) is 5.17. The smallest absolute Gasteiger partial charge is 0.384 e. The number of alkyl halides is 3. The Labute approximate surface area is 187 Å². The zero-order chi connectivity index (χ0) is 23.2. The van der Waals surface area contributed by atoms with Crippen LogP contribution in [-0.2, 0) is 6.18 Å². The van der Waals surface area contributed by atoms with Crippen molar-refractivity contribution in [2.45, 2.75) is 31.0 Å². The first-order valence-electron chi connectivity index (χ1n) is 10.8. The molecule has 0 bridgehead atoms. The van der Waals surface area contributed by atoms with Gasteiger partial charge in [-0.05, 0) is 31.0 Å². The van der Waals surface area contributed by atoms with E-state index in [0.29, 0.717) is 11.5 Å². The van der Waals surface area contributed by atoms with Crippen LogP contribution in [0.1, 0.15) is 36.2 Å². The zero-order valence-corrected chi connectivity index (χ0v) is 17.7. The highest BCUT2D eigenvalue weighted by atomic mass is 19.4. The first kappa shape index (κ1) is 21.6. The average molecular weight is 461 g/mol. The number of halogens is 4. The summed E-state index contributed by atoms with van der Waals surface area (Å²) < 4.78 is 55.5. The molecule has 0 atom stereocenters. The van der Waals surface area contributed by atoms with Crippen LogP contribution in [-0.4, -0.2) is 45.7 Å². The van der Waals surface area contributed by atoms with Gasteiger partial charge in [-0.1, -0.05) is 0 Å². The molecule has 2 saturated heterocycles. The van der Waals surface area contributed by atoms with Gasteiger partial charge in [-0.25, -0.2) is 19.3 Å². The summed E-state index contributed by atoms with van der Waals surface area (Å²) in [5.74, 6) is 0.914. The van der Waals surface area contributed by atoms with E-state index in [2.05, 4.69) is 24.8 Å². The molecule has 2 aromatic heterocycles. The van der Waals surface area contributed by atoms with Gasteiger partial charge in [0.05, 0.1) is 17.3 Å². The minimum atomic E-state index is -4.76. The number of piperidine rings is 1. The van der Waals surface area contributed by atoms with Gasteiger partial charge in [0.1, 0.15) is 29.6 Å². The molecule has 5 rings (SSSR count). The molecule has 0 saturated carbocycles. The van der Waals surface area contributed by atoms with Gasteiger partial charge in [0.2, 0.25) is 0 Å². The predicted molar refractivity (Wildman–Crippen MR) is 115 cm³/mol. The zero-order valence-electron chi connectivity index (χ0n) is 17.7. The quantitative estimate of drug-likeness (QED) is 0.578. The molecule has 33 heavy (non-hydrogen) atoms. The Morgan fingerprint density at radius 3 is 2.45 bits per heavy atom. The van der Waals surface area contributed by atoms with E-state index in [-0.39, 0.29) is 17.5 Å². The number of benzene rings is 1. The van der Waals surface area contributed by atoms with Crippen LogP contribution in [0.25, 0.3) is 11.3 Å². The molecule has 0 radical (unpaired) electrons. The molecule has 2 aliphatic rings. The van der Waals surface area contributed by atoms with E-state index in [9.17, 15) is 17.6 Å². The maximum atomic E-state index is 13.8. The third-order valence-corrected chi connectivity index (χ3v) is 6.34. The van der Waals surface area contributed by atoms with Crippen molar-refractivity contribution in [1.82, 2.24) is 24.8 Å². The lowest BCUT2D eigenvalue weighted by atomic mass is 9.95. The van der Waals surface area contributed by atoms with Gasteiger partial charge in [-0.2, -0.15) is 13.2 Å². The lowest BCUT2D eigenvalue weighted by Gasteiger charge is -2.35. The fourth-order valence-electron chi connectivity index (χ4n) is 4.41. The Hall–Kier alpha value is -3.21. The molecule has 2 fully saturated rings. The molecule has 7 nitrogen and oxygen atoms in total. The molecule has 1 aromatic carbocycles. The number of aromatic nitrogens is 4. The van der Waals surface area contributed by atoms with Crippen molar-refractivity contribution in [1.29, 1.82) is 0 Å². The topological polar surface area (TPSA) is 84.9 Å². The number of nitrogens with one attached hydrogen (secondary N) is 1. The Bertz CT molecular complexity index is 1150. The molecular formula is C22H23F4N7. The Morgan fingerprint density at radius 1 is 1.06 bits per heavy atom. The monoisotopic (exact) mass is 461 g/mol. The molecule has 0 spiro atoms. The predicted octanol–water partition coefficient (Wildman–Crippen LogP) is 3.61. The molecule has 0 aliphatic carbocycles. The van der Waals surface area contributed by atoms with E-state index < -0.39 is 17.6 Å². The van der Waals surface area contributed by atoms with Crippen LogP contribution in [0.3, 0.4) is 0 Å². The minimum Gasteiger partial charge on any atom is -0.384 e. The van der Waals surface area contributed by atoms with Crippen molar-refractivity contribution < 1.29 is 17.6 Å². The Balaban J connectivity index is 1.42. The minimum absolute atomic E-state index is 0.150. The van der Waals surface area contributed by atoms with Crippen molar-refractivity contribution in [2.24, 2.45) is 0 Å². The van der Waals surface area contributed by atoms with Gasteiger partial charge in [-0.3, -0.25) is 0 Å². The van der Waals surface area contributed by atoms with Crippen molar-refractivity contribution in [3.8, 4) is 11.3 Å². The summed E-state index contributed by atoms with van der Waals surface area (Å²) in [5, 5.41) is 3.23. The Morgan fingerprint density at radius 2 is 1.82 bits per heavy atom. The van der Waals surface area contributed by atoms with Crippen molar-refractivity contribution in [2.75, 3.05) is 36.8 Å². The van der Waals surface area contributed by atoms with Gasteiger partial charge in [0.25, 0.3) is 0 Å². The average Bonchev–Trinajstić information content (AvgIpc) is 3.17. The SMILES string of the molecule is Nc1cc(N2CCC(c3nc(-c4ccc(F)c(C(F)(F)F)c4)cn3C3CNC3)CC2)ncn1. The number of imidazole rings is 1. The second-order valence-corrected chi connectivity index (χ2v) is 8.46. The van der Waals surface area contributed by atoms with E-state index in [1.165, 1.54) is 12.4 Å². The van der Waals surface area contributed by atoms with Gasteiger partial charge in [-0.15, -0.1) is 0 Å². The summed E-state index contributed by atoms with van der Waals surface area (Å²) in [4.78, 5) is 15.1. The fourth-order valence-corrected chi connectivity index (χ4v) is 4.41. The first-order chi connectivity index (χ1) is 15.8. The number of nitrogens with zero attached hydrogens (tertiary/aromatic N) is 5. The molecular weight excluding hydrogens is 438 g/mol.